The number of aromatic nitrogens is 3. The zero-order valence-electron chi connectivity index (χ0n) is 13.8. The van der Waals surface area contributed by atoms with Gasteiger partial charge in [-0.3, -0.25) is 4.79 Å². The SMILES string of the molecule is Cc1nc2cccnc2n1C1CCN(C(=O)C(C)(C)C)CC1. The summed E-state index contributed by atoms with van der Waals surface area (Å²) in [5.41, 5.74) is 1.61. The monoisotopic (exact) mass is 300 g/mol. The van der Waals surface area contributed by atoms with E-state index in [2.05, 4.69) is 14.5 Å². The van der Waals surface area contributed by atoms with Crippen molar-refractivity contribution < 1.29 is 4.79 Å². The van der Waals surface area contributed by atoms with E-state index in [1.54, 1.807) is 0 Å². The lowest BCUT2D eigenvalue weighted by Gasteiger charge is -2.36. The number of likely N-dealkylation sites (tertiary alicyclic amines) is 1. The van der Waals surface area contributed by atoms with Gasteiger partial charge in [-0.25, -0.2) is 9.97 Å². The predicted molar refractivity (Wildman–Crippen MR) is 86.6 cm³/mol. The van der Waals surface area contributed by atoms with Gasteiger partial charge < -0.3 is 9.47 Å². The van der Waals surface area contributed by atoms with Crippen LogP contribution in [0.1, 0.15) is 45.5 Å². The van der Waals surface area contributed by atoms with Gasteiger partial charge in [0.25, 0.3) is 0 Å². The summed E-state index contributed by atoms with van der Waals surface area (Å²) in [6.07, 6.45) is 3.74. The number of imidazole rings is 1. The smallest absolute Gasteiger partial charge is 0.227 e. The molecule has 1 amide bonds. The van der Waals surface area contributed by atoms with E-state index in [-0.39, 0.29) is 11.3 Å². The molecule has 0 unspecified atom stereocenters. The zero-order valence-corrected chi connectivity index (χ0v) is 13.8. The number of aryl methyl sites for hydroxylation is 1. The van der Waals surface area contributed by atoms with Gasteiger partial charge in [0, 0.05) is 30.7 Å². The summed E-state index contributed by atoms with van der Waals surface area (Å²) in [5.74, 6) is 1.26. The van der Waals surface area contributed by atoms with E-state index in [4.69, 9.17) is 0 Å². The van der Waals surface area contributed by atoms with Gasteiger partial charge in [0.05, 0.1) is 0 Å². The molecule has 1 aliphatic rings. The van der Waals surface area contributed by atoms with Gasteiger partial charge >= 0.3 is 0 Å². The number of hydrogen-bond acceptors (Lipinski definition) is 3. The van der Waals surface area contributed by atoms with E-state index in [1.807, 2.05) is 50.9 Å². The molecule has 2 aromatic rings. The van der Waals surface area contributed by atoms with E-state index >= 15 is 0 Å². The largest absolute Gasteiger partial charge is 0.342 e. The van der Waals surface area contributed by atoms with Crippen LogP contribution in [0.3, 0.4) is 0 Å². The second-order valence-corrected chi connectivity index (χ2v) is 7.15. The summed E-state index contributed by atoms with van der Waals surface area (Å²) < 4.78 is 2.24. The standard InChI is InChI=1S/C17H24N4O/c1-12-19-14-6-5-9-18-15(14)21(12)13-7-10-20(11-8-13)16(22)17(2,3)4/h5-6,9,13H,7-8,10-11H2,1-4H3. The van der Waals surface area contributed by atoms with Crippen molar-refractivity contribution in [3.63, 3.8) is 0 Å². The second-order valence-electron chi connectivity index (χ2n) is 7.15. The molecule has 1 saturated heterocycles. The van der Waals surface area contributed by atoms with Crippen molar-refractivity contribution in [2.24, 2.45) is 5.41 Å². The van der Waals surface area contributed by atoms with E-state index in [0.29, 0.717) is 6.04 Å². The normalized spacial score (nSPS) is 17.2. The molecule has 0 atom stereocenters. The van der Waals surface area contributed by atoms with Crippen LogP contribution in [0.5, 0.6) is 0 Å². The Kier molecular flexibility index (Phi) is 3.67. The van der Waals surface area contributed by atoms with E-state index in [1.165, 1.54) is 0 Å². The minimum absolute atomic E-state index is 0.247. The number of amides is 1. The number of nitrogens with zero attached hydrogens (tertiary/aromatic N) is 4. The van der Waals surface area contributed by atoms with Crippen molar-refractivity contribution in [3.8, 4) is 0 Å². The molecule has 22 heavy (non-hydrogen) atoms. The molecule has 5 heteroatoms. The lowest BCUT2D eigenvalue weighted by Crippen LogP contribution is -2.44. The Morgan fingerprint density at radius 3 is 2.59 bits per heavy atom. The van der Waals surface area contributed by atoms with E-state index in [0.717, 1.165) is 42.9 Å². The number of carbonyl (C=O) groups excluding carboxylic acids is 1. The van der Waals surface area contributed by atoms with E-state index < -0.39 is 0 Å². The molecule has 0 spiro atoms. The zero-order chi connectivity index (χ0) is 15.9. The molecule has 5 nitrogen and oxygen atoms in total. The summed E-state index contributed by atoms with van der Waals surface area (Å²) in [7, 11) is 0. The van der Waals surface area contributed by atoms with Crippen LogP contribution in [0, 0.1) is 12.3 Å². The Morgan fingerprint density at radius 2 is 1.95 bits per heavy atom. The average Bonchev–Trinajstić information content (AvgIpc) is 2.81. The minimum Gasteiger partial charge on any atom is -0.342 e. The van der Waals surface area contributed by atoms with Crippen LogP contribution >= 0.6 is 0 Å². The fourth-order valence-corrected chi connectivity index (χ4v) is 3.28. The first-order valence-corrected chi connectivity index (χ1v) is 7.97. The van der Waals surface area contributed by atoms with Crippen LogP contribution in [0.25, 0.3) is 11.2 Å². The minimum atomic E-state index is -0.300. The Labute approximate surface area is 131 Å². The van der Waals surface area contributed by atoms with Gasteiger partial charge in [-0.15, -0.1) is 0 Å². The summed E-state index contributed by atoms with van der Waals surface area (Å²) >= 11 is 0. The molecule has 0 bridgehead atoms. The topological polar surface area (TPSA) is 51.0 Å². The first-order chi connectivity index (χ1) is 10.4. The van der Waals surface area contributed by atoms with Crippen molar-refractivity contribution in [1.29, 1.82) is 0 Å². The molecular weight excluding hydrogens is 276 g/mol. The summed E-state index contributed by atoms with van der Waals surface area (Å²) in [4.78, 5) is 23.5. The number of rotatable bonds is 1. The highest BCUT2D eigenvalue weighted by Crippen LogP contribution is 2.29. The van der Waals surface area contributed by atoms with Crippen LogP contribution in [-0.4, -0.2) is 38.4 Å². The molecular formula is C17H24N4O. The van der Waals surface area contributed by atoms with Crippen molar-refractivity contribution in [3.05, 3.63) is 24.2 Å². The first kappa shape index (κ1) is 15.0. The molecule has 0 saturated carbocycles. The second kappa shape index (κ2) is 5.38. The summed E-state index contributed by atoms with van der Waals surface area (Å²) in [5, 5.41) is 0. The Balaban J connectivity index is 1.79. The van der Waals surface area contributed by atoms with Crippen molar-refractivity contribution >= 4 is 17.1 Å². The molecule has 3 rings (SSSR count). The number of piperidine rings is 1. The maximum Gasteiger partial charge on any atom is 0.227 e. The molecule has 3 heterocycles. The maximum atomic E-state index is 12.4. The molecule has 0 aromatic carbocycles. The van der Waals surface area contributed by atoms with Crippen LogP contribution < -0.4 is 0 Å². The maximum absolute atomic E-state index is 12.4. The quantitative estimate of drug-likeness (QED) is 0.813. The van der Waals surface area contributed by atoms with Gasteiger partial charge in [0.1, 0.15) is 11.3 Å². The van der Waals surface area contributed by atoms with Crippen LogP contribution in [0.2, 0.25) is 0 Å². The Bertz CT molecular complexity index is 690. The lowest BCUT2D eigenvalue weighted by molar-refractivity contribution is -0.140. The highest BCUT2D eigenvalue weighted by molar-refractivity contribution is 5.81. The average molecular weight is 300 g/mol. The van der Waals surface area contributed by atoms with E-state index in [9.17, 15) is 4.79 Å². The number of fused-ring (bicyclic) bond motifs is 1. The predicted octanol–water partition coefficient (Wildman–Crippen LogP) is 2.95. The van der Waals surface area contributed by atoms with Crippen LogP contribution in [-0.2, 0) is 4.79 Å². The molecule has 0 radical (unpaired) electrons. The molecule has 0 N–H and O–H groups in total. The molecule has 1 fully saturated rings. The number of carbonyl (C=O) groups is 1. The summed E-state index contributed by atoms with van der Waals surface area (Å²) in [6, 6.07) is 4.30. The lowest BCUT2D eigenvalue weighted by atomic mass is 9.93. The highest BCUT2D eigenvalue weighted by atomic mass is 16.2. The fourth-order valence-electron chi connectivity index (χ4n) is 3.28. The van der Waals surface area contributed by atoms with Gasteiger partial charge in [0.2, 0.25) is 5.91 Å². The third-order valence-electron chi connectivity index (χ3n) is 4.38. The Hall–Kier alpha value is -1.91. The van der Waals surface area contributed by atoms with Crippen molar-refractivity contribution in [2.45, 2.75) is 46.6 Å². The molecule has 0 aliphatic carbocycles. The van der Waals surface area contributed by atoms with Gasteiger partial charge in [-0.1, -0.05) is 20.8 Å². The van der Waals surface area contributed by atoms with Crippen molar-refractivity contribution in [1.82, 2.24) is 19.4 Å². The fraction of sp³-hybridized carbons (Fsp3) is 0.588. The van der Waals surface area contributed by atoms with Crippen LogP contribution in [0.4, 0.5) is 0 Å². The van der Waals surface area contributed by atoms with Gasteiger partial charge in [0.15, 0.2) is 5.65 Å². The van der Waals surface area contributed by atoms with Gasteiger partial charge in [-0.2, -0.15) is 0 Å². The van der Waals surface area contributed by atoms with Gasteiger partial charge in [-0.05, 0) is 31.9 Å². The highest BCUT2D eigenvalue weighted by Gasteiger charge is 2.31. The third-order valence-corrected chi connectivity index (χ3v) is 4.38. The number of pyridine rings is 1. The molecule has 118 valence electrons. The molecule has 1 aliphatic heterocycles. The van der Waals surface area contributed by atoms with Crippen LogP contribution in [0.15, 0.2) is 18.3 Å². The Morgan fingerprint density at radius 1 is 1.27 bits per heavy atom. The first-order valence-electron chi connectivity index (χ1n) is 7.97. The molecule has 2 aromatic heterocycles. The number of hydrogen-bond donors (Lipinski definition) is 0. The summed E-state index contributed by atoms with van der Waals surface area (Å²) in [6.45, 7) is 9.62. The third kappa shape index (κ3) is 2.60. The van der Waals surface area contributed by atoms with Crippen molar-refractivity contribution in [2.75, 3.05) is 13.1 Å².